The molecule has 2 bridgehead atoms. The molecule has 1 saturated heterocycles. The predicted molar refractivity (Wildman–Crippen MR) is 118 cm³/mol. The van der Waals surface area contributed by atoms with Crippen LogP contribution in [0.15, 0.2) is 43.2 Å². The lowest BCUT2D eigenvalue weighted by molar-refractivity contribution is 0.0391. The fourth-order valence-electron chi connectivity index (χ4n) is 5.37. The summed E-state index contributed by atoms with van der Waals surface area (Å²) < 4.78 is 44.8. The van der Waals surface area contributed by atoms with Crippen LogP contribution in [0.25, 0.3) is 16.9 Å². The van der Waals surface area contributed by atoms with E-state index in [0.29, 0.717) is 29.1 Å². The molecule has 2 aliphatic heterocycles. The molecule has 0 radical (unpaired) electrons. The third-order valence-corrected chi connectivity index (χ3v) is 6.86. The molecule has 3 aromatic heterocycles. The summed E-state index contributed by atoms with van der Waals surface area (Å²) in [5, 5.41) is 12.3. The lowest BCUT2D eigenvalue weighted by Crippen LogP contribution is -2.49. The van der Waals surface area contributed by atoms with Crippen molar-refractivity contribution in [1.82, 2.24) is 34.4 Å². The maximum absolute atomic E-state index is 14.0. The van der Waals surface area contributed by atoms with Gasteiger partial charge in [0.1, 0.15) is 12.7 Å². The molecule has 11 heteroatoms. The number of carbonyl (C=O) groups is 1. The third kappa shape index (κ3) is 3.41. The van der Waals surface area contributed by atoms with Crippen molar-refractivity contribution >= 4 is 5.91 Å². The van der Waals surface area contributed by atoms with Crippen LogP contribution in [0.1, 0.15) is 46.9 Å². The average molecular weight is 479 g/mol. The molecule has 0 spiro atoms. The monoisotopic (exact) mass is 479 g/mol. The van der Waals surface area contributed by atoms with E-state index in [4.69, 9.17) is 0 Å². The predicted octanol–water partition coefficient (Wildman–Crippen LogP) is 3.77. The number of hydrogen-bond acceptors (Lipinski definition) is 5. The number of pyridine rings is 1. The van der Waals surface area contributed by atoms with E-state index < -0.39 is 17.5 Å². The minimum absolute atomic E-state index is 0.106. The van der Waals surface area contributed by atoms with Gasteiger partial charge in [0, 0.05) is 30.4 Å². The molecule has 178 valence electrons. The van der Waals surface area contributed by atoms with Crippen LogP contribution in [0.3, 0.4) is 0 Å². The molecule has 4 aromatic rings. The number of fused-ring (bicyclic) bond motifs is 4. The van der Waals surface area contributed by atoms with Gasteiger partial charge in [0.15, 0.2) is 17.5 Å². The molecule has 0 N–H and O–H groups in total. The molecule has 6 rings (SSSR count). The Morgan fingerprint density at radius 3 is 2.51 bits per heavy atom. The first-order valence-corrected chi connectivity index (χ1v) is 11.3. The fourth-order valence-corrected chi connectivity index (χ4v) is 5.37. The SMILES string of the molecule is Cn1nc2c(c1-c1cc(F)c(F)c(F)c1)CC1CCCC2N1C(=O)c1cncc(-n2cnnc2)c1. The number of benzene rings is 1. The quantitative estimate of drug-likeness (QED) is 0.418. The van der Waals surface area contributed by atoms with Gasteiger partial charge in [-0.3, -0.25) is 19.0 Å². The molecule has 35 heavy (non-hydrogen) atoms. The number of nitrogens with zero attached hydrogens (tertiary/aromatic N) is 7. The van der Waals surface area contributed by atoms with Crippen molar-refractivity contribution in [3.63, 3.8) is 0 Å². The summed E-state index contributed by atoms with van der Waals surface area (Å²) >= 11 is 0. The largest absolute Gasteiger partial charge is 0.327 e. The fraction of sp³-hybridized carbons (Fsp3) is 0.292. The second-order valence-corrected chi connectivity index (χ2v) is 8.91. The first kappa shape index (κ1) is 21.5. The highest BCUT2D eigenvalue weighted by Gasteiger charge is 2.43. The highest BCUT2D eigenvalue weighted by atomic mass is 19.2. The van der Waals surface area contributed by atoms with E-state index in [0.717, 1.165) is 37.0 Å². The Balaban J connectivity index is 1.40. The van der Waals surface area contributed by atoms with Gasteiger partial charge in [-0.05, 0) is 43.9 Å². The molecule has 1 aromatic carbocycles. The molecule has 1 fully saturated rings. The lowest BCUT2D eigenvalue weighted by Gasteiger charge is -2.45. The van der Waals surface area contributed by atoms with Crippen molar-refractivity contribution in [1.29, 1.82) is 0 Å². The van der Waals surface area contributed by atoms with Crippen LogP contribution >= 0.6 is 0 Å². The van der Waals surface area contributed by atoms with Crippen molar-refractivity contribution in [3.05, 3.63) is 77.5 Å². The number of rotatable bonds is 3. The summed E-state index contributed by atoms with van der Waals surface area (Å²) in [6.07, 6.45) is 9.16. The molecular weight excluding hydrogens is 459 g/mol. The standard InChI is InChI=1S/C24H20F3N7O/c1-32-23(13-6-18(25)21(27)19(26)7-13)17-8-15-3-2-4-20(22(17)31-32)34(15)24(35)14-5-16(10-28-9-14)33-11-29-30-12-33/h5-7,9-12,15,20H,2-4,8H2,1H3. The van der Waals surface area contributed by atoms with E-state index in [1.54, 1.807) is 28.6 Å². The Morgan fingerprint density at radius 1 is 1.03 bits per heavy atom. The second-order valence-electron chi connectivity index (χ2n) is 8.91. The molecule has 0 aliphatic carbocycles. The minimum atomic E-state index is -1.50. The number of amides is 1. The van der Waals surface area contributed by atoms with Crippen LogP contribution in [0.5, 0.6) is 0 Å². The van der Waals surface area contributed by atoms with Crippen LogP contribution in [-0.2, 0) is 13.5 Å². The van der Waals surface area contributed by atoms with Gasteiger partial charge in [0.25, 0.3) is 5.91 Å². The Bertz CT molecular complexity index is 1430. The maximum atomic E-state index is 14.0. The number of carbonyl (C=O) groups excluding carboxylic acids is 1. The molecule has 2 unspecified atom stereocenters. The van der Waals surface area contributed by atoms with Crippen LogP contribution in [0.4, 0.5) is 13.2 Å². The number of aryl methyl sites for hydroxylation is 1. The normalized spacial score (nSPS) is 19.0. The zero-order chi connectivity index (χ0) is 24.3. The number of halogens is 3. The van der Waals surface area contributed by atoms with Crippen LogP contribution in [0.2, 0.25) is 0 Å². The zero-order valence-electron chi connectivity index (χ0n) is 18.7. The van der Waals surface area contributed by atoms with Gasteiger partial charge in [0.05, 0.1) is 34.9 Å². The van der Waals surface area contributed by atoms with Crippen molar-refractivity contribution in [3.8, 4) is 16.9 Å². The summed E-state index contributed by atoms with van der Waals surface area (Å²) in [7, 11) is 1.69. The van der Waals surface area contributed by atoms with Gasteiger partial charge >= 0.3 is 0 Å². The van der Waals surface area contributed by atoms with Crippen LogP contribution in [-0.4, -0.2) is 46.4 Å². The zero-order valence-corrected chi connectivity index (χ0v) is 18.7. The van der Waals surface area contributed by atoms with Gasteiger partial charge in [0.2, 0.25) is 0 Å². The molecule has 0 saturated carbocycles. The molecule has 5 heterocycles. The molecule has 2 aliphatic rings. The second kappa shape index (κ2) is 8.03. The minimum Gasteiger partial charge on any atom is -0.327 e. The van der Waals surface area contributed by atoms with Crippen molar-refractivity contribution < 1.29 is 18.0 Å². The summed E-state index contributed by atoms with van der Waals surface area (Å²) in [4.78, 5) is 19.8. The van der Waals surface area contributed by atoms with Crippen molar-refractivity contribution in [2.75, 3.05) is 0 Å². The van der Waals surface area contributed by atoms with Gasteiger partial charge < -0.3 is 4.90 Å². The van der Waals surface area contributed by atoms with Gasteiger partial charge in [-0.25, -0.2) is 13.2 Å². The first-order valence-electron chi connectivity index (χ1n) is 11.3. The van der Waals surface area contributed by atoms with E-state index in [9.17, 15) is 18.0 Å². The van der Waals surface area contributed by atoms with Crippen LogP contribution < -0.4 is 0 Å². The van der Waals surface area contributed by atoms with Gasteiger partial charge in [-0.15, -0.1) is 10.2 Å². The van der Waals surface area contributed by atoms with Crippen molar-refractivity contribution in [2.45, 2.75) is 37.8 Å². The number of aromatic nitrogens is 6. The van der Waals surface area contributed by atoms with E-state index >= 15 is 0 Å². The molecule has 1 amide bonds. The first-order chi connectivity index (χ1) is 16.9. The molecule has 8 nitrogen and oxygen atoms in total. The summed E-state index contributed by atoms with van der Waals surface area (Å²) in [6.45, 7) is 0. The summed E-state index contributed by atoms with van der Waals surface area (Å²) in [6, 6.07) is 3.35. The third-order valence-electron chi connectivity index (χ3n) is 6.86. The smallest absolute Gasteiger partial charge is 0.256 e. The molecular formula is C24H20F3N7O. The lowest BCUT2D eigenvalue weighted by atomic mass is 9.81. The van der Waals surface area contributed by atoms with E-state index in [2.05, 4.69) is 20.3 Å². The topological polar surface area (TPSA) is 81.7 Å². The van der Waals surface area contributed by atoms with E-state index in [1.807, 2.05) is 4.90 Å². The Morgan fingerprint density at radius 2 is 1.77 bits per heavy atom. The Hall–Kier alpha value is -4.02. The Kier molecular flexibility index (Phi) is 4.94. The van der Waals surface area contributed by atoms with Gasteiger partial charge in [-0.2, -0.15) is 5.10 Å². The van der Waals surface area contributed by atoms with Gasteiger partial charge in [-0.1, -0.05) is 0 Å². The molecule has 2 atom stereocenters. The summed E-state index contributed by atoms with van der Waals surface area (Å²) in [5.41, 5.74) is 3.42. The highest BCUT2D eigenvalue weighted by molar-refractivity contribution is 5.95. The van der Waals surface area contributed by atoms with E-state index in [-0.39, 0.29) is 23.6 Å². The average Bonchev–Trinajstić information content (AvgIpc) is 3.50. The Labute approximate surface area is 198 Å². The number of piperidine rings is 1. The maximum Gasteiger partial charge on any atom is 0.256 e. The number of hydrogen-bond donors (Lipinski definition) is 0. The van der Waals surface area contributed by atoms with E-state index in [1.165, 1.54) is 18.9 Å². The van der Waals surface area contributed by atoms with Crippen LogP contribution in [0, 0.1) is 17.5 Å². The highest BCUT2D eigenvalue weighted by Crippen LogP contribution is 2.45. The summed E-state index contributed by atoms with van der Waals surface area (Å²) in [5.74, 6) is -4.15. The van der Waals surface area contributed by atoms with Crippen molar-refractivity contribution in [2.24, 2.45) is 7.05 Å².